The van der Waals surface area contributed by atoms with E-state index in [1.807, 2.05) is 6.92 Å². The summed E-state index contributed by atoms with van der Waals surface area (Å²) in [5.41, 5.74) is 2.91. The van der Waals surface area contributed by atoms with Crippen molar-refractivity contribution in [3.8, 4) is 5.69 Å². The van der Waals surface area contributed by atoms with Gasteiger partial charge >= 0.3 is 5.97 Å². The molecular weight excluding hydrogens is 385 g/mol. The number of aromatic nitrogens is 2. The van der Waals surface area contributed by atoms with Crippen molar-refractivity contribution in [2.24, 2.45) is 5.92 Å². The Morgan fingerprint density at radius 3 is 2.57 bits per heavy atom. The molecule has 0 saturated carbocycles. The van der Waals surface area contributed by atoms with Crippen LogP contribution in [0.25, 0.3) is 5.69 Å². The van der Waals surface area contributed by atoms with Gasteiger partial charge in [0.15, 0.2) is 0 Å². The van der Waals surface area contributed by atoms with E-state index in [0.717, 1.165) is 36.3 Å². The van der Waals surface area contributed by atoms with Gasteiger partial charge in [0.1, 0.15) is 5.82 Å². The second kappa shape index (κ2) is 9.87. The Hall–Kier alpha value is -2.70. The summed E-state index contributed by atoms with van der Waals surface area (Å²) in [6, 6.07) is 6.13. The molecule has 0 N–H and O–H groups in total. The fraction of sp³-hybridized carbons (Fsp3) is 0.522. The fourth-order valence-corrected chi connectivity index (χ4v) is 4.06. The van der Waals surface area contributed by atoms with Crippen molar-refractivity contribution >= 4 is 11.9 Å². The highest BCUT2D eigenvalue weighted by Crippen LogP contribution is 2.26. The van der Waals surface area contributed by atoms with E-state index in [4.69, 9.17) is 9.84 Å². The standard InChI is InChI=1S/C23H30FN3O3/c1-4-8-19-21(20(5-2)27(25-19)18-12-10-17(24)11-13-18)22(28)26-14-7-9-16(15-26)23(29)30-6-3/h10-13,16H,4-9,14-15H2,1-3H3/t16-/m0/s1. The van der Waals surface area contributed by atoms with Crippen LogP contribution in [-0.4, -0.2) is 46.3 Å². The molecule has 1 amide bonds. The number of rotatable bonds is 7. The number of esters is 1. The summed E-state index contributed by atoms with van der Waals surface area (Å²) < 4.78 is 20.3. The number of carbonyl (C=O) groups excluding carboxylic acids is 2. The first-order valence-corrected chi connectivity index (χ1v) is 10.8. The first kappa shape index (κ1) is 22.0. The van der Waals surface area contributed by atoms with E-state index < -0.39 is 0 Å². The predicted octanol–water partition coefficient (Wildman–Crippen LogP) is 3.94. The smallest absolute Gasteiger partial charge is 0.310 e. The highest BCUT2D eigenvalue weighted by molar-refractivity contribution is 5.97. The minimum Gasteiger partial charge on any atom is -0.466 e. The lowest BCUT2D eigenvalue weighted by Crippen LogP contribution is -2.43. The first-order valence-electron chi connectivity index (χ1n) is 10.8. The zero-order valence-corrected chi connectivity index (χ0v) is 18.0. The Kier molecular flexibility index (Phi) is 7.24. The van der Waals surface area contributed by atoms with E-state index in [0.29, 0.717) is 38.1 Å². The molecule has 1 aliphatic heterocycles. The van der Waals surface area contributed by atoms with Crippen LogP contribution >= 0.6 is 0 Å². The third-order valence-corrected chi connectivity index (χ3v) is 5.49. The topological polar surface area (TPSA) is 64.4 Å². The Bertz CT molecular complexity index is 892. The van der Waals surface area contributed by atoms with Crippen molar-refractivity contribution in [3.63, 3.8) is 0 Å². The van der Waals surface area contributed by atoms with E-state index in [9.17, 15) is 14.0 Å². The summed E-state index contributed by atoms with van der Waals surface area (Å²) >= 11 is 0. The van der Waals surface area contributed by atoms with E-state index in [1.54, 1.807) is 28.6 Å². The molecule has 1 aliphatic rings. The van der Waals surface area contributed by atoms with Crippen LogP contribution in [0.2, 0.25) is 0 Å². The summed E-state index contributed by atoms with van der Waals surface area (Å²) in [7, 11) is 0. The van der Waals surface area contributed by atoms with Gasteiger partial charge in [0.05, 0.1) is 35.2 Å². The molecule has 1 aromatic carbocycles. The van der Waals surface area contributed by atoms with Crippen molar-refractivity contribution in [3.05, 3.63) is 47.0 Å². The maximum absolute atomic E-state index is 13.6. The molecule has 0 aliphatic carbocycles. The molecule has 1 fully saturated rings. The highest BCUT2D eigenvalue weighted by atomic mass is 19.1. The van der Waals surface area contributed by atoms with Crippen molar-refractivity contribution in [1.82, 2.24) is 14.7 Å². The summed E-state index contributed by atoms with van der Waals surface area (Å²) in [5, 5.41) is 4.73. The zero-order chi connectivity index (χ0) is 21.7. The Labute approximate surface area is 177 Å². The average Bonchev–Trinajstić information content (AvgIpc) is 3.12. The zero-order valence-electron chi connectivity index (χ0n) is 18.0. The van der Waals surface area contributed by atoms with Gasteiger partial charge in [0, 0.05) is 13.1 Å². The van der Waals surface area contributed by atoms with Crippen LogP contribution in [0.4, 0.5) is 4.39 Å². The third-order valence-electron chi connectivity index (χ3n) is 5.49. The first-order chi connectivity index (χ1) is 14.5. The van der Waals surface area contributed by atoms with Crippen LogP contribution in [-0.2, 0) is 22.4 Å². The lowest BCUT2D eigenvalue weighted by molar-refractivity contribution is -0.149. The Morgan fingerprint density at radius 1 is 1.20 bits per heavy atom. The molecule has 0 unspecified atom stereocenters. The van der Waals surface area contributed by atoms with Gasteiger partial charge in [-0.25, -0.2) is 9.07 Å². The largest absolute Gasteiger partial charge is 0.466 e. The van der Waals surface area contributed by atoms with Crippen LogP contribution in [0.1, 0.15) is 61.8 Å². The van der Waals surface area contributed by atoms with Crippen molar-refractivity contribution in [1.29, 1.82) is 0 Å². The van der Waals surface area contributed by atoms with Gasteiger partial charge in [0.2, 0.25) is 0 Å². The van der Waals surface area contributed by atoms with E-state index >= 15 is 0 Å². The quantitative estimate of drug-likeness (QED) is 0.643. The lowest BCUT2D eigenvalue weighted by atomic mass is 9.96. The molecule has 1 saturated heterocycles. The molecular formula is C23H30FN3O3. The summed E-state index contributed by atoms with van der Waals surface area (Å²) in [4.78, 5) is 27.5. The molecule has 7 heteroatoms. The Balaban J connectivity index is 1.96. The lowest BCUT2D eigenvalue weighted by Gasteiger charge is -2.31. The second-order valence-electron chi connectivity index (χ2n) is 7.60. The Morgan fingerprint density at radius 2 is 1.93 bits per heavy atom. The number of likely N-dealkylation sites (tertiary alicyclic amines) is 1. The average molecular weight is 416 g/mol. The normalized spacial score (nSPS) is 16.5. The number of ether oxygens (including phenoxy) is 1. The van der Waals surface area contributed by atoms with Gasteiger partial charge in [-0.1, -0.05) is 20.3 Å². The monoisotopic (exact) mass is 415 g/mol. The van der Waals surface area contributed by atoms with Crippen LogP contribution in [0.15, 0.2) is 24.3 Å². The number of benzene rings is 1. The molecule has 3 rings (SSSR count). The molecule has 6 nitrogen and oxygen atoms in total. The maximum atomic E-state index is 13.6. The van der Waals surface area contributed by atoms with Crippen LogP contribution < -0.4 is 0 Å². The number of aryl methyl sites for hydroxylation is 1. The van der Waals surface area contributed by atoms with Crippen LogP contribution in [0.5, 0.6) is 0 Å². The number of hydrogen-bond acceptors (Lipinski definition) is 4. The van der Waals surface area contributed by atoms with Gasteiger partial charge in [-0.05, 0) is 56.9 Å². The minimum atomic E-state index is -0.313. The van der Waals surface area contributed by atoms with Gasteiger partial charge in [-0.15, -0.1) is 0 Å². The third kappa shape index (κ3) is 4.55. The van der Waals surface area contributed by atoms with E-state index in [2.05, 4.69) is 6.92 Å². The number of piperidine rings is 1. The second-order valence-corrected chi connectivity index (χ2v) is 7.60. The van der Waals surface area contributed by atoms with Gasteiger partial charge in [-0.2, -0.15) is 5.10 Å². The van der Waals surface area contributed by atoms with Crippen molar-refractivity contribution in [2.75, 3.05) is 19.7 Å². The van der Waals surface area contributed by atoms with Gasteiger partial charge < -0.3 is 9.64 Å². The van der Waals surface area contributed by atoms with Gasteiger partial charge in [0.25, 0.3) is 5.91 Å². The molecule has 162 valence electrons. The molecule has 2 aromatic rings. The van der Waals surface area contributed by atoms with Crippen molar-refractivity contribution < 1.29 is 18.7 Å². The molecule has 2 heterocycles. The maximum Gasteiger partial charge on any atom is 0.310 e. The van der Waals surface area contributed by atoms with Crippen LogP contribution in [0, 0.1) is 11.7 Å². The summed E-state index contributed by atoms with van der Waals surface area (Å²) in [5.74, 6) is -0.916. The highest BCUT2D eigenvalue weighted by Gasteiger charge is 2.33. The SMILES string of the molecule is CCCc1nn(-c2ccc(F)cc2)c(CC)c1C(=O)N1CCC[C@H](C(=O)OCC)C1. The number of nitrogens with zero attached hydrogens (tertiary/aromatic N) is 3. The number of hydrogen-bond donors (Lipinski definition) is 0. The van der Waals surface area contributed by atoms with E-state index in [-0.39, 0.29) is 23.6 Å². The summed E-state index contributed by atoms with van der Waals surface area (Å²) in [6.45, 7) is 7.15. The minimum absolute atomic E-state index is 0.0855. The predicted molar refractivity (Wildman–Crippen MR) is 112 cm³/mol. The molecule has 0 bridgehead atoms. The molecule has 1 atom stereocenters. The van der Waals surface area contributed by atoms with Crippen LogP contribution in [0.3, 0.4) is 0 Å². The van der Waals surface area contributed by atoms with Gasteiger partial charge in [-0.3, -0.25) is 9.59 Å². The molecule has 0 spiro atoms. The van der Waals surface area contributed by atoms with E-state index in [1.165, 1.54) is 12.1 Å². The van der Waals surface area contributed by atoms with Crippen molar-refractivity contribution in [2.45, 2.75) is 52.9 Å². The molecule has 1 aromatic heterocycles. The number of halogens is 1. The molecule has 0 radical (unpaired) electrons. The number of amides is 1. The molecule has 30 heavy (non-hydrogen) atoms. The summed E-state index contributed by atoms with van der Waals surface area (Å²) in [6.07, 6.45) is 3.66. The number of carbonyl (C=O) groups is 2. The fourth-order valence-electron chi connectivity index (χ4n) is 4.06.